The van der Waals surface area contributed by atoms with Gasteiger partial charge >= 0.3 is 0 Å². The molecule has 0 N–H and O–H groups in total. The summed E-state index contributed by atoms with van der Waals surface area (Å²) in [5.74, 6) is 0. The smallest absolute Gasteiger partial charge is 0.137 e. The maximum Gasteiger partial charge on any atom is 0.137 e. The molecule has 15 aromatic rings. The summed E-state index contributed by atoms with van der Waals surface area (Å²) in [5, 5.41) is 10.4. The molecule has 0 atom stereocenters. The van der Waals surface area contributed by atoms with Crippen LogP contribution in [0, 0.1) is 27.7 Å². The van der Waals surface area contributed by atoms with E-state index in [0.29, 0.717) is 0 Å². The Morgan fingerprint density at radius 1 is 0.211 bits per heavy atom. The van der Waals surface area contributed by atoms with Crippen molar-refractivity contribution in [3.63, 3.8) is 0 Å². The Balaban J connectivity index is 0.832. The molecule has 7 nitrogen and oxygen atoms in total. The Hall–Kier alpha value is -9.20. The Kier molecular flexibility index (Phi) is 8.21. The van der Waals surface area contributed by atoms with Crippen LogP contribution < -0.4 is 9.80 Å². The van der Waals surface area contributed by atoms with Crippen molar-refractivity contribution in [2.24, 2.45) is 0 Å². The van der Waals surface area contributed by atoms with E-state index >= 15 is 0 Å². The van der Waals surface area contributed by atoms with Crippen molar-refractivity contribution in [3.8, 4) is 0 Å². The first kappa shape index (κ1) is 39.8. The predicted octanol–water partition coefficient (Wildman–Crippen LogP) is 19.4. The number of rotatable bonds is 6. The molecule has 7 heteroatoms. The highest BCUT2D eigenvalue weighted by Crippen LogP contribution is 2.46. The van der Waals surface area contributed by atoms with Crippen molar-refractivity contribution < 1.29 is 22.1 Å². The lowest BCUT2D eigenvalue weighted by Gasteiger charge is -2.26. The molecular formula is C64H42N2O5. The molecule has 10 aromatic carbocycles. The average Bonchev–Trinajstić information content (AvgIpc) is 4.17. The van der Waals surface area contributed by atoms with Gasteiger partial charge in [-0.1, -0.05) is 48.5 Å². The van der Waals surface area contributed by atoms with Gasteiger partial charge in [-0.05, 0) is 159 Å². The van der Waals surface area contributed by atoms with Gasteiger partial charge in [-0.3, -0.25) is 0 Å². The summed E-state index contributed by atoms with van der Waals surface area (Å²) in [6.45, 7) is 8.56. The summed E-state index contributed by atoms with van der Waals surface area (Å²) in [6.07, 6.45) is 0. The van der Waals surface area contributed by atoms with Gasteiger partial charge in [0.2, 0.25) is 0 Å². The van der Waals surface area contributed by atoms with E-state index in [1.165, 1.54) is 22.3 Å². The Morgan fingerprint density at radius 3 is 0.803 bits per heavy atom. The molecular weight excluding hydrogens is 877 g/mol. The first-order chi connectivity index (χ1) is 34.7. The van der Waals surface area contributed by atoms with Crippen LogP contribution in [0.1, 0.15) is 22.3 Å². The summed E-state index contributed by atoms with van der Waals surface area (Å²) in [5.41, 5.74) is 19.0. The molecule has 5 heterocycles. The number of benzene rings is 10. The fraction of sp³-hybridized carbons (Fsp3) is 0.0625. The van der Waals surface area contributed by atoms with Crippen molar-refractivity contribution in [2.45, 2.75) is 27.7 Å². The summed E-state index contributed by atoms with van der Waals surface area (Å²) in [7, 11) is 0. The lowest BCUT2D eigenvalue weighted by molar-refractivity contribution is 0.662. The van der Waals surface area contributed by atoms with Crippen LogP contribution in [0.4, 0.5) is 34.1 Å². The van der Waals surface area contributed by atoms with Crippen LogP contribution >= 0.6 is 0 Å². The maximum absolute atomic E-state index is 6.78. The molecule has 0 saturated heterocycles. The van der Waals surface area contributed by atoms with Crippen LogP contribution in [-0.2, 0) is 0 Å². The second-order valence-corrected chi connectivity index (χ2v) is 19.3. The molecule has 0 aliphatic heterocycles. The highest BCUT2D eigenvalue weighted by Gasteiger charge is 2.22. The van der Waals surface area contributed by atoms with Crippen LogP contribution in [-0.4, -0.2) is 0 Å². The number of hydrogen-bond acceptors (Lipinski definition) is 7. The number of furan rings is 5. The minimum absolute atomic E-state index is 0.788. The first-order valence-electron chi connectivity index (χ1n) is 24.0. The molecule has 5 aromatic heterocycles. The molecule has 0 saturated carbocycles. The number of para-hydroxylation sites is 2. The number of nitrogens with zero attached hydrogens (tertiary/aromatic N) is 2. The SMILES string of the molecule is Cc1cc(C)cc(N(c2ccc3c(c2)oc2ccccc23)c2ccc3c(c2)oc2cc4c(cc23)oc2cc3c(cc24)oc2cc(N(c4cc(C)cc(C)c4)c4ccc5c(c4)oc4ccccc45)ccc23)c1. The van der Waals surface area contributed by atoms with Gasteiger partial charge in [0.1, 0.15) is 55.8 Å². The van der Waals surface area contributed by atoms with Gasteiger partial charge in [0.05, 0.1) is 0 Å². The van der Waals surface area contributed by atoms with E-state index in [4.69, 9.17) is 22.1 Å². The molecule has 0 fully saturated rings. The zero-order valence-electron chi connectivity index (χ0n) is 39.3. The van der Waals surface area contributed by atoms with Crippen molar-refractivity contribution in [1.82, 2.24) is 0 Å². The van der Waals surface area contributed by atoms with Gasteiger partial charge in [0, 0.05) is 112 Å². The predicted molar refractivity (Wildman–Crippen MR) is 291 cm³/mol. The topological polar surface area (TPSA) is 72.2 Å². The molecule has 71 heavy (non-hydrogen) atoms. The molecule has 0 aliphatic carbocycles. The van der Waals surface area contributed by atoms with Crippen molar-refractivity contribution >= 4 is 144 Å². The quantitative estimate of drug-likeness (QED) is 0.164. The summed E-state index contributed by atoms with van der Waals surface area (Å²) in [6, 6.07) is 64.0. The van der Waals surface area contributed by atoms with Crippen molar-refractivity contribution in [3.05, 3.63) is 204 Å². The van der Waals surface area contributed by atoms with Crippen LogP contribution in [0.3, 0.4) is 0 Å². The molecule has 0 unspecified atom stereocenters. The van der Waals surface area contributed by atoms with Gasteiger partial charge in [0.25, 0.3) is 0 Å². The lowest BCUT2D eigenvalue weighted by Crippen LogP contribution is -2.10. The summed E-state index contributed by atoms with van der Waals surface area (Å²) in [4.78, 5) is 4.56. The van der Waals surface area contributed by atoms with Gasteiger partial charge in [-0.15, -0.1) is 0 Å². The highest BCUT2D eigenvalue weighted by atomic mass is 16.3. The van der Waals surface area contributed by atoms with Gasteiger partial charge in [-0.25, -0.2) is 0 Å². The van der Waals surface area contributed by atoms with E-state index in [-0.39, 0.29) is 0 Å². The fourth-order valence-corrected chi connectivity index (χ4v) is 11.3. The van der Waals surface area contributed by atoms with Crippen molar-refractivity contribution in [2.75, 3.05) is 9.80 Å². The molecule has 15 rings (SSSR count). The third-order valence-electron chi connectivity index (χ3n) is 14.3. The number of hydrogen-bond donors (Lipinski definition) is 0. The number of fused-ring (bicyclic) bond motifs is 15. The van der Waals surface area contributed by atoms with Crippen LogP contribution in [0.5, 0.6) is 0 Å². The summed E-state index contributed by atoms with van der Waals surface area (Å²) >= 11 is 0. The average molecular weight is 919 g/mol. The van der Waals surface area contributed by atoms with E-state index in [2.05, 4.69) is 195 Å². The van der Waals surface area contributed by atoms with Crippen LogP contribution in [0.2, 0.25) is 0 Å². The van der Waals surface area contributed by atoms with Gasteiger partial charge in [-0.2, -0.15) is 0 Å². The Bertz CT molecular complexity index is 4390. The zero-order valence-corrected chi connectivity index (χ0v) is 39.3. The van der Waals surface area contributed by atoms with E-state index in [0.717, 1.165) is 144 Å². The second-order valence-electron chi connectivity index (χ2n) is 19.3. The second kappa shape index (κ2) is 14.7. The molecule has 0 bridgehead atoms. The largest absolute Gasteiger partial charge is 0.456 e. The van der Waals surface area contributed by atoms with Gasteiger partial charge < -0.3 is 31.9 Å². The molecule has 0 radical (unpaired) electrons. The van der Waals surface area contributed by atoms with E-state index in [9.17, 15) is 0 Å². The molecule has 338 valence electrons. The normalized spacial score (nSPS) is 12.2. The van der Waals surface area contributed by atoms with Gasteiger partial charge in [0.15, 0.2) is 0 Å². The molecule has 0 amide bonds. The van der Waals surface area contributed by atoms with Crippen LogP contribution in [0.25, 0.3) is 110 Å². The number of aryl methyl sites for hydroxylation is 4. The highest BCUT2D eigenvalue weighted by molar-refractivity contribution is 6.19. The zero-order chi connectivity index (χ0) is 47.2. The van der Waals surface area contributed by atoms with E-state index in [1.807, 2.05) is 24.3 Å². The molecule has 0 spiro atoms. The van der Waals surface area contributed by atoms with Crippen LogP contribution in [0.15, 0.2) is 204 Å². The minimum atomic E-state index is 0.788. The minimum Gasteiger partial charge on any atom is -0.456 e. The maximum atomic E-state index is 6.78. The monoisotopic (exact) mass is 918 g/mol. The lowest BCUT2D eigenvalue weighted by atomic mass is 10.1. The molecule has 0 aliphatic rings. The summed E-state index contributed by atoms with van der Waals surface area (Å²) < 4.78 is 33.0. The Morgan fingerprint density at radius 2 is 0.465 bits per heavy atom. The first-order valence-corrected chi connectivity index (χ1v) is 24.0. The number of anilines is 6. The standard InChI is InChI=1S/C64H42N2O5/c1-35-21-36(2)24-43(23-35)65(39-13-17-47-45-9-5-7-11-55(45)67-57(47)27-39)41-15-19-49-51-31-63-53(33-61(51)69-59(49)29-41)54-34-62-52(32-64(54)71-63)50-20-16-42(30-60(50)70-62)66(44-25-37(3)22-38(4)26-44)40-14-18-48-46-10-6-8-12-56(46)68-58(48)28-40/h5-34H,1-4H3. The third kappa shape index (κ3) is 6.16. The fourth-order valence-electron chi connectivity index (χ4n) is 11.3. The van der Waals surface area contributed by atoms with Crippen molar-refractivity contribution in [1.29, 1.82) is 0 Å². The van der Waals surface area contributed by atoms with E-state index < -0.39 is 0 Å². The van der Waals surface area contributed by atoms with E-state index in [1.54, 1.807) is 0 Å². The Labute approximate surface area is 405 Å². The third-order valence-corrected chi connectivity index (χ3v) is 14.3.